The molecule has 3 rings (SSSR count). The Morgan fingerprint density at radius 3 is 2.57 bits per heavy atom. The SMILES string of the molecule is Cc1cc(N2C[C@H](C)C[C@H](C)C2)nc(NC(=S)NCCCc2ccccc2)n1. The van der Waals surface area contributed by atoms with Crippen LogP contribution in [-0.2, 0) is 6.42 Å². The molecule has 150 valence electrons. The molecule has 28 heavy (non-hydrogen) atoms. The summed E-state index contributed by atoms with van der Waals surface area (Å²) in [5.74, 6) is 2.92. The van der Waals surface area contributed by atoms with Crippen LogP contribution in [0.25, 0.3) is 0 Å². The Morgan fingerprint density at radius 1 is 1.14 bits per heavy atom. The summed E-state index contributed by atoms with van der Waals surface area (Å²) < 4.78 is 0. The van der Waals surface area contributed by atoms with Crippen molar-refractivity contribution >= 4 is 29.1 Å². The monoisotopic (exact) mass is 397 g/mol. The number of rotatable bonds is 6. The van der Waals surface area contributed by atoms with Crippen LogP contribution in [0.2, 0.25) is 0 Å². The molecule has 5 nitrogen and oxygen atoms in total. The van der Waals surface area contributed by atoms with Gasteiger partial charge in [0.25, 0.3) is 0 Å². The van der Waals surface area contributed by atoms with Gasteiger partial charge in [-0.15, -0.1) is 0 Å². The summed E-state index contributed by atoms with van der Waals surface area (Å²) >= 11 is 5.43. The molecule has 6 heteroatoms. The van der Waals surface area contributed by atoms with E-state index in [0.717, 1.165) is 44.0 Å². The fourth-order valence-corrected chi connectivity index (χ4v) is 4.10. The average molecular weight is 398 g/mol. The summed E-state index contributed by atoms with van der Waals surface area (Å²) in [4.78, 5) is 11.6. The zero-order valence-corrected chi connectivity index (χ0v) is 17.9. The fourth-order valence-electron chi connectivity index (χ4n) is 3.90. The Labute approximate surface area is 174 Å². The predicted octanol–water partition coefficient (Wildman–Crippen LogP) is 4.19. The third-order valence-corrected chi connectivity index (χ3v) is 5.28. The van der Waals surface area contributed by atoms with Crippen LogP contribution < -0.4 is 15.5 Å². The second-order valence-electron chi connectivity index (χ2n) is 8.01. The Balaban J connectivity index is 1.52. The lowest BCUT2D eigenvalue weighted by atomic mass is 9.92. The van der Waals surface area contributed by atoms with Crippen molar-refractivity contribution < 1.29 is 0 Å². The van der Waals surface area contributed by atoms with Gasteiger partial charge in [0.05, 0.1) is 0 Å². The highest BCUT2D eigenvalue weighted by Crippen LogP contribution is 2.25. The van der Waals surface area contributed by atoms with Crippen molar-refractivity contribution in [3.8, 4) is 0 Å². The number of thiocarbonyl (C=S) groups is 1. The number of piperidine rings is 1. The predicted molar refractivity (Wildman–Crippen MR) is 121 cm³/mol. The van der Waals surface area contributed by atoms with Gasteiger partial charge in [-0.25, -0.2) is 4.98 Å². The van der Waals surface area contributed by atoms with Crippen molar-refractivity contribution in [2.45, 2.75) is 40.0 Å². The van der Waals surface area contributed by atoms with Gasteiger partial charge in [0.15, 0.2) is 5.11 Å². The number of hydrogen-bond donors (Lipinski definition) is 2. The minimum absolute atomic E-state index is 0.571. The zero-order chi connectivity index (χ0) is 19.9. The van der Waals surface area contributed by atoms with Crippen molar-refractivity contribution in [1.29, 1.82) is 0 Å². The number of benzene rings is 1. The van der Waals surface area contributed by atoms with E-state index in [1.807, 2.05) is 13.0 Å². The summed E-state index contributed by atoms with van der Waals surface area (Å²) in [5.41, 5.74) is 2.30. The number of hydrogen-bond acceptors (Lipinski definition) is 4. The van der Waals surface area contributed by atoms with Crippen molar-refractivity contribution in [2.24, 2.45) is 11.8 Å². The first kappa shape index (κ1) is 20.5. The second-order valence-corrected chi connectivity index (χ2v) is 8.42. The average Bonchev–Trinajstić information content (AvgIpc) is 2.65. The van der Waals surface area contributed by atoms with E-state index >= 15 is 0 Å². The second kappa shape index (κ2) is 9.82. The van der Waals surface area contributed by atoms with Gasteiger partial charge in [-0.1, -0.05) is 44.2 Å². The molecule has 0 amide bonds. The molecule has 0 spiro atoms. The number of nitrogens with zero attached hydrogens (tertiary/aromatic N) is 3. The maximum atomic E-state index is 5.43. The maximum absolute atomic E-state index is 5.43. The van der Waals surface area contributed by atoms with Gasteiger partial charge in [0, 0.05) is 31.4 Å². The van der Waals surface area contributed by atoms with Gasteiger partial charge in [0.2, 0.25) is 5.95 Å². The van der Waals surface area contributed by atoms with Crippen LogP contribution in [0.4, 0.5) is 11.8 Å². The first-order valence-corrected chi connectivity index (χ1v) is 10.6. The van der Waals surface area contributed by atoms with E-state index in [0.29, 0.717) is 22.9 Å². The highest BCUT2D eigenvalue weighted by atomic mass is 32.1. The van der Waals surface area contributed by atoms with E-state index in [-0.39, 0.29) is 0 Å². The Bertz CT molecular complexity index is 770. The smallest absolute Gasteiger partial charge is 0.231 e. The fraction of sp³-hybridized carbons (Fsp3) is 0.500. The lowest BCUT2D eigenvalue weighted by Crippen LogP contribution is -2.39. The standard InChI is InChI=1S/C22H31N5S/c1-16-12-17(2)15-27(14-16)20-13-18(3)24-21(25-20)26-22(28)23-11-7-10-19-8-5-4-6-9-19/h4-6,8-9,13,16-17H,7,10-12,14-15H2,1-3H3,(H2,23,24,25,26,28)/t16-,17+. The molecular formula is C22H31N5S. The minimum atomic E-state index is 0.571. The molecule has 2 heterocycles. The topological polar surface area (TPSA) is 53.1 Å². The van der Waals surface area contributed by atoms with Crippen molar-refractivity contribution in [3.63, 3.8) is 0 Å². The molecule has 2 aromatic rings. The third kappa shape index (κ3) is 6.16. The van der Waals surface area contributed by atoms with Gasteiger partial charge in [-0.2, -0.15) is 4.98 Å². The highest BCUT2D eigenvalue weighted by Gasteiger charge is 2.23. The van der Waals surface area contributed by atoms with E-state index < -0.39 is 0 Å². The summed E-state index contributed by atoms with van der Waals surface area (Å²) in [6.45, 7) is 9.53. The van der Waals surface area contributed by atoms with Gasteiger partial charge >= 0.3 is 0 Å². The van der Waals surface area contributed by atoms with Crippen LogP contribution in [0, 0.1) is 18.8 Å². The molecule has 1 aromatic heterocycles. The van der Waals surface area contributed by atoms with Crippen LogP contribution in [0.3, 0.4) is 0 Å². The van der Waals surface area contributed by atoms with Gasteiger partial charge in [-0.05, 0) is 55.8 Å². The molecule has 1 aliphatic heterocycles. The number of aryl methyl sites for hydroxylation is 2. The molecule has 2 N–H and O–H groups in total. The number of aromatic nitrogens is 2. The molecule has 0 unspecified atom stereocenters. The van der Waals surface area contributed by atoms with E-state index in [2.05, 4.69) is 64.7 Å². The zero-order valence-electron chi connectivity index (χ0n) is 17.1. The molecule has 2 atom stereocenters. The maximum Gasteiger partial charge on any atom is 0.231 e. The van der Waals surface area contributed by atoms with Crippen molar-refractivity contribution in [2.75, 3.05) is 29.9 Å². The van der Waals surface area contributed by atoms with Crippen LogP contribution in [0.1, 0.15) is 37.9 Å². The minimum Gasteiger partial charge on any atom is -0.362 e. The Morgan fingerprint density at radius 2 is 1.86 bits per heavy atom. The Kier molecular flexibility index (Phi) is 7.20. The van der Waals surface area contributed by atoms with E-state index in [1.165, 1.54) is 12.0 Å². The lowest BCUT2D eigenvalue weighted by molar-refractivity contribution is 0.355. The molecule has 0 radical (unpaired) electrons. The summed E-state index contributed by atoms with van der Waals surface area (Å²) in [5, 5.41) is 6.99. The number of nitrogens with one attached hydrogen (secondary N) is 2. The van der Waals surface area contributed by atoms with Crippen LogP contribution in [0.5, 0.6) is 0 Å². The largest absolute Gasteiger partial charge is 0.362 e. The quantitative estimate of drug-likeness (QED) is 0.563. The van der Waals surface area contributed by atoms with Crippen molar-refractivity contribution in [3.05, 3.63) is 47.7 Å². The molecule has 1 aliphatic rings. The normalized spacial score (nSPS) is 19.3. The van der Waals surface area contributed by atoms with Gasteiger partial charge in [-0.3, -0.25) is 0 Å². The molecule has 0 saturated carbocycles. The van der Waals surface area contributed by atoms with E-state index in [9.17, 15) is 0 Å². The molecule has 1 fully saturated rings. The highest BCUT2D eigenvalue weighted by molar-refractivity contribution is 7.80. The lowest BCUT2D eigenvalue weighted by Gasteiger charge is -2.36. The molecule has 1 aromatic carbocycles. The molecular weight excluding hydrogens is 366 g/mol. The summed E-state index contributed by atoms with van der Waals surface area (Å²) in [6.07, 6.45) is 3.34. The van der Waals surface area contributed by atoms with Crippen LogP contribution in [0.15, 0.2) is 36.4 Å². The third-order valence-electron chi connectivity index (χ3n) is 5.03. The van der Waals surface area contributed by atoms with Crippen LogP contribution in [-0.4, -0.2) is 34.7 Å². The Hall–Kier alpha value is -2.21. The first-order valence-electron chi connectivity index (χ1n) is 10.2. The first-order chi connectivity index (χ1) is 13.5. The molecule has 0 aliphatic carbocycles. The molecule has 0 bridgehead atoms. The van der Waals surface area contributed by atoms with Crippen molar-refractivity contribution in [1.82, 2.24) is 15.3 Å². The number of anilines is 2. The van der Waals surface area contributed by atoms with Crippen LogP contribution >= 0.6 is 12.2 Å². The van der Waals surface area contributed by atoms with Gasteiger partial charge < -0.3 is 15.5 Å². The van der Waals surface area contributed by atoms with E-state index in [1.54, 1.807) is 0 Å². The van der Waals surface area contributed by atoms with E-state index in [4.69, 9.17) is 17.2 Å². The van der Waals surface area contributed by atoms with Gasteiger partial charge in [0.1, 0.15) is 5.82 Å². The summed E-state index contributed by atoms with van der Waals surface area (Å²) in [7, 11) is 0. The summed E-state index contributed by atoms with van der Waals surface area (Å²) in [6, 6.07) is 12.6. The molecule has 1 saturated heterocycles.